The van der Waals surface area contributed by atoms with Gasteiger partial charge in [0.1, 0.15) is 0 Å². The van der Waals surface area contributed by atoms with Crippen LogP contribution in [0.15, 0.2) is 29.2 Å². The topological polar surface area (TPSA) is 80.4 Å². The lowest BCUT2D eigenvalue weighted by molar-refractivity contribution is 0.202. The molecule has 1 aromatic carbocycles. The third-order valence-electron chi connectivity index (χ3n) is 1.72. The van der Waals surface area contributed by atoms with E-state index in [1.807, 2.05) is 0 Å². The first-order chi connectivity index (χ1) is 6.45. The molecule has 0 heterocycles. The van der Waals surface area contributed by atoms with Crippen molar-refractivity contribution in [3.63, 3.8) is 0 Å². The first kappa shape index (κ1) is 11.5. The zero-order valence-electron chi connectivity index (χ0n) is 7.22. The van der Waals surface area contributed by atoms with Gasteiger partial charge in [0, 0.05) is 0 Å². The number of alkyl halides is 1. The lowest BCUT2D eigenvalue weighted by atomic mass is 10.1. The van der Waals surface area contributed by atoms with Crippen molar-refractivity contribution in [1.29, 1.82) is 0 Å². The Morgan fingerprint density at radius 2 is 2.14 bits per heavy atom. The average Bonchev–Trinajstić information content (AvgIpc) is 2.15. The predicted octanol–water partition coefficient (Wildman–Crippen LogP) is 0.606. The van der Waals surface area contributed by atoms with Crippen LogP contribution in [0.5, 0.6) is 0 Å². The highest BCUT2D eigenvalue weighted by Gasteiger charge is 2.11. The molecule has 6 heteroatoms. The Morgan fingerprint density at radius 3 is 2.64 bits per heavy atom. The molecule has 14 heavy (non-hydrogen) atoms. The quantitative estimate of drug-likeness (QED) is 0.754. The molecule has 0 aliphatic carbocycles. The zero-order chi connectivity index (χ0) is 10.8. The summed E-state index contributed by atoms with van der Waals surface area (Å²) in [6.07, 6.45) is -0.877. The lowest BCUT2D eigenvalue weighted by Gasteiger charge is -2.07. The van der Waals surface area contributed by atoms with Crippen LogP contribution in [-0.2, 0) is 10.0 Å². The number of hydrogen-bond donors (Lipinski definition) is 2. The van der Waals surface area contributed by atoms with Gasteiger partial charge in [-0.15, -0.1) is 11.6 Å². The molecule has 0 radical (unpaired) electrons. The van der Waals surface area contributed by atoms with E-state index in [2.05, 4.69) is 0 Å². The first-order valence-corrected chi connectivity index (χ1v) is 5.90. The number of primary sulfonamides is 1. The molecule has 0 aliphatic rings. The van der Waals surface area contributed by atoms with Crippen molar-refractivity contribution in [2.75, 3.05) is 5.88 Å². The average molecular weight is 236 g/mol. The summed E-state index contributed by atoms with van der Waals surface area (Å²) >= 11 is 5.42. The van der Waals surface area contributed by atoms with Crippen molar-refractivity contribution in [3.8, 4) is 0 Å². The second-order valence-corrected chi connectivity index (χ2v) is 4.66. The summed E-state index contributed by atoms with van der Waals surface area (Å²) in [5.74, 6) is 0.00801. The fourth-order valence-corrected chi connectivity index (χ4v) is 1.73. The highest BCUT2D eigenvalue weighted by molar-refractivity contribution is 7.89. The maximum Gasteiger partial charge on any atom is 0.238 e. The van der Waals surface area contributed by atoms with Gasteiger partial charge in [-0.3, -0.25) is 0 Å². The third kappa shape index (κ3) is 2.68. The van der Waals surface area contributed by atoms with E-state index < -0.39 is 16.1 Å². The maximum atomic E-state index is 11.0. The Balaban J connectivity index is 3.14. The first-order valence-electron chi connectivity index (χ1n) is 3.82. The fourth-order valence-electron chi connectivity index (χ4n) is 0.988. The fraction of sp³-hybridized carbons (Fsp3) is 0.250. The number of hydrogen-bond acceptors (Lipinski definition) is 3. The summed E-state index contributed by atoms with van der Waals surface area (Å²) in [7, 11) is -3.72. The molecule has 0 fully saturated rings. The van der Waals surface area contributed by atoms with E-state index in [0.29, 0.717) is 5.56 Å². The third-order valence-corrected chi connectivity index (χ3v) is 2.92. The molecule has 0 aromatic heterocycles. The number of aliphatic hydroxyl groups excluding tert-OH is 1. The monoisotopic (exact) mass is 235 g/mol. The van der Waals surface area contributed by atoms with Gasteiger partial charge in [-0.05, 0) is 17.7 Å². The second-order valence-electron chi connectivity index (χ2n) is 2.79. The van der Waals surface area contributed by atoms with Crippen LogP contribution in [-0.4, -0.2) is 19.4 Å². The van der Waals surface area contributed by atoms with Gasteiger partial charge in [0.15, 0.2) is 0 Å². The summed E-state index contributed by atoms with van der Waals surface area (Å²) in [6, 6.07) is 5.76. The maximum absolute atomic E-state index is 11.0. The minimum atomic E-state index is -3.72. The van der Waals surface area contributed by atoms with Crippen LogP contribution >= 0.6 is 11.6 Å². The summed E-state index contributed by atoms with van der Waals surface area (Å²) in [5, 5.41) is 14.3. The Kier molecular flexibility index (Phi) is 3.49. The molecule has 0 saturated carbocycles. The molecule has 1 aromatic rings. The highest BCUT2D eigenvalue weighted by Crippen LogP contribution is 2.17. The minimum Gasteiger partial charge on any atom is -0.387 e. The smallest absolute Gasteiger partial charge is 0.238 e. The predicted molar refractivity (Wildman–Crippen MR) is 53.5 cm³/mol. The van der Waals surface area contributed by atoms with Gasteiger partial charge in [-0.25, -0.2) is 13.6 Å². The molecule has 0 amide bonds. The number of halogens is 1. The van der Waals surface area contributed by atoms with E-state index >= 15 is 0 Å². The van der Waals surface area contributed by atoms with E-state index in [1.54, 1.807) is 6.07 Å². The van der Waals surface area contributed by atoms with Crippen LogP contribution in [0.4, 0.5) is 0 Å². The molecule has 1 atom stereocenters. The van der Waals surface area contributed by atoms with Gasteiger partial charge in [-0.2, -0.15) is 0 Å². The number of nitrogens with two attached hydrogens (primary N) is 1. The summed E-state index contributed by atoms with van der Waals surface area (Å²) in [6.45, 7) is 0. The Hall–Kier alpha value is -0.620. The Morgan fingerprint density at radius 1 is 1.50 bits per heavy atom. The van der Waals surface area contributed by atoms with E-state index in [0.717, 1.165) is 0 Å². The van der Waals surface area contributed by atoms with Gasteiger partial charge in [0.25, 0.3) is 0 Å². The number of aliphatic hydroxyl groups is 1. The lowest BCUT2D eigenvalue weighted by Crippen LogP contribution is -2.12. The van der Waals surface area contributed by atoms with Gasteiger partial charge in [-0.1, -0.05) is 12.1 Å². The molecule has 0 aliphatic heterocycles. The standard InChI is InChI=1S/C8H10ClNO3S/c9-5-8(11)6-2-1-3-7(4-6)14(10,12)13/h1-4,8,11H,5H2,(H2,10,12,13). The molecular formula is C8H10ClNO3S. The van der Waals surface area contributed by atoms with E-state index in [-0.39, 0.29) is 10.8 Å². The van der Waals surface area contributed by atoms with Crippen molar-refractivity contribution < 1.29 is 13.5 Å². The molecule has 0 spiro atoms. The molecule has 78 valence electrons. The van der Waals surface area contributed by atoms with Crippen LogP contribution in [0, 0.1) is 0 Å². The van der Waals surface area contributed by atoms with Crippen molar-refractivity contribution >= 4 is 21.6 Å². The Labute approximate surface area is 87.4 Å². The molecular weight excluding hydrogens is 226 g/mol. The highest BCUT2D eigenvalue weighted by atomic mass is 35.5. The molecule has 4 nitrogen and oxygen atoms in total. The van der Waals surface area contributed by atoms with Crippen LogP contribution in [0.2, 0.25) is 0 Å². The molecule has 0 saturated heterocycles. The SMILES string of the molecule is NS(=O)(=O)c1cccc(C(O)CCl)c1. The summed E-state index contributed by atoms with van der Waals surface area (Å²) in [4.78, 5) is -0.0285. The molecule has 1 unspecified atom stereocenters. The summed E-state index contributed by atoms with van der Waals surface area (Å²) < 4.78 is 21.9. The van der Waals surface area contributed by atoms with Crippen molar-refractivity contribution in [2.45, 2.75) is 11.0 Å². The Bertz CT molecular complexity index is 418. The van der Waals surface area contributed by atoms with Gasteiger partial charge < -0.3 is 5.11 Å². The number of benzene rings is 1. The normalized spacial score (nSPS) is 13.9. The van der Waals surface area contributed by atoms with Crippen LogP contribution < -0.4 is 5.14 Å². The second kappa shape index (κ2) is 4.27. The van der Waals surface area contributed by atoms with Crippen LogP contribution in [0.1, 0.15) is 11.7 Å². The largest absolute Gasteiger partial charge is 0.387 e. The molecule has 1 rings (SSSR count). The molecule has 0 bridgehead atoms. The van der Waals surface area contributed by atoms with Crippen LogP contribution in [0.25, 0.3) is 0 Å². The van der Waals surface area contributed by atoms with Crippen molar-refractivity contribution in [1.82, 2.24) is 0 Å². The van der Waals surface area contributed by atoms with Gasteiger partial charge >= 0.3 is 0 Å². The molecule has 3 N–H and O–H groups in total. The zero-order valence-corrected chi connectivity index (χ0v) is 8.79. The summed E-state index contributed by atoms with van der Waals surface area (Å²) in [5.41, 5.74) is 0.437. The van der Waals surface area contributed by atoms with E-state index in [9.17, 15) is 13.5 Å². The number of sulfonamides is 1. The van der Waals surface area contributed by atoms with Crippen molar-refractivity contribution in [3.05, 3.63) is 29.8 Å². The number of rotatable bonds is 3. The van der Waals surface area contributed by atoms with Crippen LogP contribution in [0.3, 0.4) is 0 Å². The van der Waals surface area contributed by atoms with Crippen molar-refractivity contribution in [2.24, 2.45) is 5.14 Å². The van der Waals surface area contributed by atoms with E-state index in [1.165, 1.54) is 18.2 Å². The minimum absolute atomic E-state index is 0.00801. The van der Waals surface area contributed by atoms with Gasteiger partial charge in [0.2, 0.25) is 10.0 Å². The van der Waals surface area contributed by atoms with Gasteiger partial charge in [0.05, 0.1) is 16.9 Å². The van der Waals surface area contributed by atoms with E-state index in [4.69, 9.17) is 16.7 Å².